The lowest BCUT2D eigenvalue weighted by atomic mass is 9.81. The van der Waals surface area contributed by atoms with Gasteiger partial charge < -0.3 is 14.7 Å². The predicted molar refractivity (Wildman–Crippen MR) is 122 cm³/mol. The largest absolute Gasteiger partial charge is 0.482 e. The van der Waals surface area contributed by atoms with Gasteiger partial charge in [-0.05, 0) is 47.6 Å². The van der Waals surface area contributed by atoms with E-state index >= 15 is 0 Å². The molecular formula is C27H27NO4. The van der Waals surface area contributed by atoms with E-state index in [-0.39, 0.29) is 18.4 Å². The Hall–Kier alpha value is -3.60. The molecule has 0 saturated heterocycles. The Kier molecular flexibility index (Phi) is 6.85. The van der Waals surface area contributed by atoms with Crippen LogP contribution in [-0.2, 0) is 29.1 Å². The fraction of sp³-hybridized carbons (Fsp3) is 0.259. The third kappa shape index (κ3) is 5.17. The Morgan fingerprint density at radius 2 is 1.50 bits per heavy atom. The molecule has 164 valence electrons. The first-order valence-electron chi connectivity index (χ1n) is 10.9. The summed E-state index contributed by atoms with van der Waals surface area (Å²) >= 11 is 0. The summed E-state index contributed by atoms with van der Waals surface area (Å²) in [5.41, 5.74) is 4.09. The smallest absolute Gasteiger partial charge is 0.341 e. The number of hydrogen-bond donors (Lipinski definition) is 1. The van der Waals surface area contributed by atoms with Crippen LogP contribution in [0.3, 0.4) is 0 Å². The monoisotopic (exact) mass is 429 g/mol. The molecule has 1 unspecified atom stereocenters. The minimum absolute atomic E-state index is 0.0917. The van der Waals surface area contributed by atoms with Crippen LogP contribution in [-0.4, -0.2) is 28.5 Å². The van der Waals surface area contributed by atoms with Gasteiger partial charge in [0.1, 0.15) is 5.75 Å². The topological polar surface area (TPSA) is 66.8 Å². The maximum atomic E-state index is 13.8. The van der Waals surface area contributed by atoms with Crippen molar-refractivity contribution in [1.82, 2.24) is 4.90 Å². The standard InChI is InChI=1S/C27H27NO4/c29-26(30)19-32-25-16-8-13-22-23(25)14-7-15-24(22)27(31)28(17-20-9-3-1-4-10-20)18-21-11-5-2-6-12-21/h1-6,8-13,16,24H,7,14-15,17-19H2,(H,29,30). The number of benzene rings is 3. The van der Waals surface area contributed by atoms with Crippen molar-refractivity contribution in [2.45, 2.75) is 38.3 Å². The van der Waals surface area contributed by atoms with E-state index in [9.17, 15) is 9.59 Å². The molecule has 0 aliphatic heterocycles. The third-order valence-corrected chi connectivity index (χ3v) is 5.86. The molecule has 32 heavy (non-hydrogen) atoms. The van der Waals surface area contributed by atoms with Crippen molar-refractivity contribution in [3.05, 3.63) is 101 Å². The van der Waals surface area contributed by atoms with Crippen LogP contribution in [0.25, 0.3) is 0 Å². The predicted octanol–water partition coefficient (Wildman–Crippen LogP) is 4.80. The number of carbonyl (C=O) groups is 2. The summed E-state index contributed by atoms with van der Waals surface area (Å²) in [7, 11) is 0. The van der Waals surface area contributed by atoms with Crippen molar-refractivity contribution in [3.8, 4) is 5.75 Å². The minimum Gasteiger partial charge on any atom is -0.482 e. The molecule has 0 fully saturated rings. The lowest BCUT2D eigenvalue weighted by molar-refractivity contribution is -0.139. The number of carboxylic acids is 1. The van der Waals surface area contributed by atoms with Crippen LogP contribution in [0.15, 0.2) is 78.9 Å². The molecule has 0 radical (unpaired) electrons. The Morgan fingerprint density at radius 1 is 0.875 bits per heavy atom. The SMILES string of the molecule is O=C(O)COc1cccc2c1CCCC2C(=O)N(Cc1ccccc1)Cc1ccccc1. The summed E-state index contributed by atoms with van der Waals surface area (Å²) in [6.07, 6.45) is 2.42. The van der Waals surface area contributed by atoms with Crippen molar-refractivity contribution < 1.29 is 19.4 Å². The van der Waals surface area contributed by atoms with Gasteiger partial charge in [-0.1, -0.05) is 72.8 Å². The normalized spacial score (nSPS) is 14.9. The van der Waals surface area contributed by atoms with E-state index in [4.69, 9.17) is 9.84 Å². The molecule has 0 bridgehead atoms. The van der Waals surface area contributed by atoms with E-state index in [1.54, 1.807) is 6.07 Å². The highest BCUT2D eigenvalue weighted by atomic mass is 16.5. The number of carbonyl (C=O) groups excluding carboxylic acids is 1. The molecule has 1 N–H and O–H groups in total. The highest BCUT2D eigenvalue weighted by molar-refractivity contribution is 5.85. The lowest BCUT2D eigenvalue weighted by Crippen LogP contribution is -2.35. The van der Waals surface area contributed by atoms with Gasteiger partial charge in [0.15, 0.2) is 6.61 Å². The van der Waals surface area contributed by atoms with Gasteiger partial charge in [0, 0.05) is 13.1 Å². The molecule has 1 aliphatic rings. The molecule has 0 spiro atoms. The number of fused-ring (bicyclic) bond motifs is 1. The number of ether oxygens (including phenoxy) is 1. The van der Waals surface area contributed by atoms with Gasteiger partial charge in [0.05, 0.1) is 5.92 Å². The van der Waals surface area contributed by atoms with Crippen LogP contribution in [0.2, 0.25) is 0 Å². The first-order chi connectivity index (χ1) is 15.6. The van der Waals surface area contributed by atoms with Gasteiger partial charge >= 0.3 is 5.97 Å². The summed E-state index contributed by atoms with van der Waals surface area (Å²) in [6.45, 7) is 0.689. The molecule has 5 nitrogen and oxygen atoms in total. The van der Waals surface area contributed by atoms with E-state index in [2.05, 4.69) is 0 Å². The fourth-order valence-electron chi connectivity index (χ4n) is 4.39. The van der Waals surface area contributed by atoms with Crippen molar-refractivity contribution >= 4 is 11.9 Å². The Balaban J connectivity index is 1.62. The number of rotatable bonds is 8. The van der Waals surface area contributed by atoms with E-state index in [0.717, 1.165) is 41.5 Å². The summed E-state index contributed by atoms with van der Waals surface area (Å²) in [5.74, 6) is -0.614. The average molecular weight is 430 g/mol. The molecule has 3 aromatic carbocycles. The van der Waals surface area contributed by atoms with E-state index < -0.39 is 5.97 Å². The first kappa shape index (κ1) is 21.6. The van der Waals surface area contributed by atoms with Gasteiger partial charge in [-0.3, -0.25) is 4.79 Å². The maximum absolute atomic E-state index is 13.8. The number of aliphatic carboxylic acids is 1. The van der Waals surface area contributed by atoms with Crippen LogP contribution in [0.4, 0.5) is 0 Å². The second kappa shape index (κ2) is 10.1. The average Bonchev–Trinajstić information content (AvgIpc) is 2.82. The molecular weight excluding hydrogens is 402 g/mol. The zero-order valence-corrected chi connectivity index (χ0v) is 17.9. The Labute approximate surface area is 188 Å². The van der Waals surface area contributed by atoms with Crippen LogP contribution in [0.5, 0.6) is 5.75 Å². The Bertz CT molecular complexity index is 1020. The highest BCUT2D eigenvalue weighted by Crippen LogP contribution is 2.38. The summed E-state index contributed by atoms with van der Waals surface area (Å²) in [6, 6.07) is 25.7. The van der Waals surface area contributed by atoms with Crippen LogP contribution < -0.4 is 4.74 Å². The first-order valence-corrected chi connectivity index (χ1v) is 10.9. The Morgan fingerprint density at radius 3 is 2.09 bits per heavy atom. The molecule has 1 amide bonds. The maximum Gasteiger partial charge on any atom is 0.341 e. The fourth-order valence-corrected chi connectivity index (χ4v) is 4.39. The van der Waals surface area contributed by atoms with E-state index in [1.165, 1.54) is 0 Å². The van der Waals surface area contributed by atoms with Gasteiger partial charge in [0.2, 0.25) is 5.91 Å². The molecule has 3 aromatic rings. The molecule has 0 saturated carbocycles. The third-order valence-electron chi connectivity index (χ3n) is 5.86. The molecule has 1 atom stereocenters. The second-order valence-corrected chi connectivity index (χ2v) is 8.12. The van der Waals surface area contributed by atoms with E-state index in [0.29, 0.717) is 18.8 Å². The van der Waals surface area contributed by atoms with Gasteiger partial charge in [-0.15, -0.1) is 0 Å². The zero-order chi connectivity index (χ0) is 22.3. The molecule has 4 rings (SSSR count). The van der Waals surface area contributed by atoms with Crippen LogP contribution >= 0.6 is 0 Å². The van der Waals surface area contributed by atoms with Crippen molar-refractivity contribution in [2.75, 3.05) is 6.61 Å². The quantitative estimate of drug-likeness (QED) is 0.559. The molecule has 0 heterocycles. The van der Waals surface area contributed by atoms with Crippen molar-refractivity contribution in [2.24, 2.45) is 0 Å². The molecule has 1 aliphatic carbocycles. The number of nitrogens with zero attached hydrogens (tertiary/aromatic N) is 1. The second-order valence-electron chi connectivity index (χ2n) is 8.12. The summed E-state index contributed by atoms with van der Waals surface area (Å²) in [4.78, 5) is 26.7. The highest BCUT2D eigenvalue weighted by Gasteiger charge is 2.31. The summed E-state index contributed by atoms with van der Waals surface area (Å²) in [5, 5.41) is 8.99. The van der Waals surface area contributed by atoms with E-state index in [1.807, 2.05) is 77.7 Å². The number of hydrogen-bond acceptors (Lipinski definition) is 3. The minimum atomic E-state index is -1.01. The lowest BCUT2D eigenvalue weighted by Gasteiger charge is -2.32. The van der Waals surface area contributed by atoms with Crippen LogP contribution in [0, 0.1) is 0 Å². The van der Waals surface area contributed by atoms with Crippen molar-refractivity contribution in [3.63, 3.8) is 0 Å². The number of amides is 1. The zero-order valence-electron chi connectivity index (χ0n) is 17.9. The molecule has 5 heteroatoms. The number of carboxylic acid groups (broad SMARTS) is 1. The molecule has 0 aromatic heterocycles. The van der Waals surface area contributed by atoms with Gasteiger partial charge in [-0.25, -0.2) is 4.79 Å². The van der Waals surface area contributed by atoms with Crippen molar-refractivity contribution in [1.29, 1.82) is 0 Å². The van der Waals surface area contributed by atoms with Gasteiger partial charge in [0.25, 0.3) is 0 Å². The summed E-state index contributed by atoms with van der Waals surface area (Å²) < 4.78 is 5.52. The van der Waals surface area contributed by atoms with Crippen LogP contribution in [0.1, 0.15) is 41.0 Å². The van der Waals surface area contributed by atoms with Gasteiger partial charge in [-0.2, -0.15) is 0 Å².